The smallest absolute Gasteiger partial charge is 0.161 e. The molecule has 0 aromatic carbocycles. The van der Waals surface area contributed by atoms with Gasteiger partial charge in [0.15, 0.2) is 5.75 Å². The van der Waals surface area contributed by atoms with Crippen molar-refractivity contribution in [2.75, 3.05) is 7.11 Å². The molecule has 0 aliphatic carbocycles. The Kier molecular flexibility index (Phi) is 3.91. The van der Waals surface area contributed by atoms with Crippen LogP contribution in [0.15, 0.2) is 30.7 Å². The molecule has 0 aliphatic rings. The molecule has 6 nitrogen and oxygen atoms in total. The Morgan fingerprint density at radius 1 is 1.44 bits per heavy atom. The number of nitrogens with two attached hydrogens (primary N) is 1. The summed E-state index contributed by atoms with van der Waals surface area (Å²) in [5.41, 5.74) is 4.73. The van der Waals surface area contributed by atoms with Crippen LogP contribution < -0.4 is 16.0 Å². The topological polar surface area (TPSA) is 78.0 Å². The molecule has 1 unspecified atom stereocenters. The molecule has 6 heteroatoms. The lowest BCUT2D eigenvalue weighted by Gasteiger charge is -2.18. The van der Waals surface area contributed by atoms with Crippen molar-refractivity contribution in [3.05, 3.63) is 42.0 Å². The van der Waals surface area contributed by atoms with Gasteiger partial charge in [0.05, 0.1) is 19.3 Å². The first kappa shape index (κ1) is 12.5. The molecule has 2 heterocycles. The van der Waals surface area contributed by atoms with Gasteiger partial charge in [0.1, 0.15) is 5.69 Å². The number of nitrogens with one attached hydrogen (secondary N) is 1. The van der Waals surface area contributed by atoms with E-state index in [0.717, 1.165) is 23.6 Å². The molecule has 3 N–H and O–H groups in total. The summed E-state index contributed by atoms with van der Waals surface area (Å²) >= 11 is 0. The van der Waals surface area contributed by atoms with Gasteiger partial charge >= 0.3 is 0 Å². The molecule has 0 spiro atoms. The Morgan fingerprint density at radius 2 is 2.17 bits per heavy atom. The number of hydrogen-bond acceptors (Lipinski definition) is 5. The fraction of sp³-hybridized carbons (Fsp3) is 0.333. The van der Waals surface area contributed by atoms with Crippen LogP contribution in [0.5, 0.6) is 5.75 Å². The zero-order valence-corrected chi connectivity index (χ0v) is 10.5. The molecule has 0 aliphatic heterocycles. The fourth-order valence-corrected chi connectivity index (χ4v) is 1.97. The maximum absolute atomic E-state index is 5.68. The average molecular weight is 247 g/mol. The van der Waals surface area contributed by atoms with E-state index in [4.69, 9.17) is 10.6 Å². The Bertz CT molecular complexity index is 475. The summed E-state index contributed by atoms with van der Waals surface area (Å²) in [7, 11) is 1.63. The van der Waals surface area contributed by atoms with Gasteiger partial charge in [-0.25, -0.2) is 5.43 Å². The lowest BCUT2D eigenvalue weighted by atomic mass is 10.1. The van der Waals surface area contributed by atoms with Crippen molar-refractivity contribution in [2.45, 2.75) is 19.5 Å². The molecule has 2 aromatic heterocycles. The van der Waals surface area contributed by atoms with E-state index in [-0.39, 0.29) is 6.04 Å². The van der Waals surface area contributed by atoms with Crippen molar-refractivity contribution in [2.24, 2.45) is 5.84 Å². The van der Waals surface area contributed by atoms with Crippen molar-refractivity contribution in [1.29, 1.82) is 0 Å². The molecule has 18 heavy (non-hydrogen) atoms. The lowest BCUT2D eigenvalue weighted by molar-refractivity contribution is 0.399. The van der Waals surface area contributed by atoms with Gasteiger partial charge in [0.25, 0.3) is 0 Å². The molecular formula is C12H17N5O. The molecular weight excluding hydrogens is 230 g/mol. The first-order chi connectivity index (χ1) is 8.81. The van der Waals surface area contributed by atoms with Crippen molar-refractivity contribution in [3.63, 3.8) is 0 Å². The Morgan fingerprint density at radius 3 is 2.72 bits per heavy atom. The summed E-state index contributed by atoms with van der Waals surface area (Å²) in [6, 6.07) is 3.65. The van der Waals surface area contributed by atoms with Crippen molar-refractivity contribution >= 4 is 0 Å². The van der Waals surface area contributed by atoms with Gasteiger partial charge in [0, 0.05) is 18.9 Å². The molecule has 0 amide bonds. The predicted molar refractivity (Wildman–Crippen MR) is 67.9 cm³/mol. The first-order valence-corrected chi connectivity index (χ1v) is 5.77. The van der Waals surface area contributed by atoms with Crippen LogP contribution in [0.25, 0.3) is 0 Å². The second-order valence-corrected chi connectivity index (χ2v) is 3.79. The monoisotopic (exact) mass is 247 g/mol. The molecule has 1 atom stereocenters. The predicted octanol–water partition coefficient (Wildman–Crippen LogP) is 0.859. The average Bonchev–Trinajstić information content (AvgIpc) is 2.84. The largest absolute Gasteiger partial charge is 0.493 e. The highest BCUT2D eigenvalue weighted by atomic mass is 16.5. The third-order valence-electron chi connectivity index (χ3n) is 2.84. The molecule has 0 fully saturated rings. The summed E-state index contributed by atoms with van der Waals surface area (Å²) in [6.45, 7) is 2.78. The van der Waals surface area contributed by atoms with E-state index in [0.29, 0.717) is 0 Å². The van der Waals surface area contributed by atoms with E-state index < -0.39 is 0 Å². The van der Waals surface area contributed by atoms with Gasteiger partial charge < -0.3 is 4.74 Å². The van der Waals surface area contributed by atoms with Gasteiger partial charge in [-0.15, -0.1) is 0 Å². The zero-order valence-electron chi connectivity index (χ0n) is 10.5. The number of aromatic nitrogens is 3. The van der Waals surface area contributed by atoms with Crippen LogP contribution in [0.4, 0.5) is 0 Å². The number of pyridine rings is 1. The Balaban J connectivity index is 2.47. The first-order valence-electron chi connectivity index (χ1n) is 5.77. The van der Waals surface area contributed by atoms with E-state index in [9.17, 15) is 0 Å². The zero-order chi connectivity index (χ0) is 13.0. The SMILES string of the molecule is CCn1ncc(OC)c1C(NN)c1ccncc1. The second-order valence-electron chi connectivity index (χ2n) is 3.79. The van der Waals surface area contributed by atoms with Crippen LogP contribution in [-0.4, -0.2) is 21.9 Å². The van der Waals surface area contributed by atoms with Gasteiger partial charge in [0.2, 0.25) is 0 Å². The Hall–Kier alpha value is -1.92. The van der Waals surface area contributed by atoms with Gasteiger partial charge in [-0.1, -0.05) is 0 Å². The Labute approximate surface area is 106 Å². The lowest BCUT2D eigenvalue weighted by Crippen LogP contribution is -2.31. The minimum Gasteiger partial charge on any atom is -0.493 e. The van der Waals surface area contributed by atoms with Gasteiger partial charge in [-0.3, -0.25) is 15.5 Å². The van der Waals surface area contributed by atoms with Gasteiger partial charge in [-0.2, -0.15) is 5.10 Å². The van der Waals surface area contributed by atoms with Gasteiger partial charge in [-0.05, 0) is 24.6 Å². The molecule has 2 rings (SSSR count). The summed E-state index contributed by atoms with van der Waals surface area (Å²) in [4.78, 5) is 4.01. The standard InChI is InChI=1S/C12H17N5O/c1-3-17-12(10(18-2)8-15-17)11(16-13)9-4-6-14-7-5-9/h4-8,11,16H,3,13H2,1-2H3. The van der Waals surface area contributed by atoms with E-state index >= 15 is 0 Å². The van der Waals surface area contributed by atoms with Crippen LogP contribution in [0, 0.1) is 0 Å². The minimum atomic E-state index is -0.176. The van der Waals surface area contributed by atoms with E-state index in [1.165, 1.54) is 0 Å². The third-order valence-corrected chi connectivity index (χ3v) is 2.84. The van der Waals surface area contributed by atoms with E-state index in [2.05, 4.69) is 15.5 Å². The van der Waals surface area contributed by atoms with Crippen LogP contribution in [-0.2, 0) is 6.54 Å². The van der Waals surface area contributed by atoms with E-state index in [1.54, 1.807) is 25.7 Å². The normalized spacial score (nSPS) is 12.4. The van der Waals surface area contributed by atoms with Crippen molar-refractivity contribution in [1.82, 2.24) is 20.2 Å². The quantitative estimate of drug-likeness (QED) is 0.605. The summed E-state index contributed by atoms with van der Waals surface area (Å²) < 4.78 is 7.20. The molecule has 2 aromatic rings. The summed E-state index contributed by atoms with van der Waals surface area (Å²) in [5, 5.41) is 4.28. The number of nitrogens with zero attached hydrogens (tertiary/aromatic N) is 3. The minimum absolute atomic E-state index is 0.176. The fourth-order valence-electron chi connectivity index (χ4n) is 1.97. The van der Waals surface area contributed by atoms with Crippen LogP contribution in [0.1, 0.15) is 24.2 Å². The summed E-state index contributed by atoms with van der Waals surface area (Å²) in [5.74, 6) is 6.40. The molecule has 0 saturated heterocycles. The third kappa shape index (κ3) is 2.20. The number of aryl methyl sites for hydroxylation is 1. The van der Waals surface area contributed by atoms with E-state index in [1.807, 2.05) is 23.7 Å². The highest BCUT2D eigenvalue weighted by molar-refractivity contribution is 5.35. The highest BCUT2D eigenvalue weighted by Gasteiger charge is 2.21. The van der Waals surface area contributed by atoms with Crippen LogP contribution in [0.2, 0.25) is 0 Å². The molecule has 0 radical (unpaired) electrons. The van der Waals surface area contributed by atoms with Crippen LogP contribution in [0.3, 0.4) is 0 Å². The van der Waals surface area contributed by atoms with Crippen LogP contribution >= 0.6 is 0 Å². The van der Waals surface area contributed by atoms with Crippen molar-refractivity contribution < 1.29 is 4.74 Å². The molecule has 96 valence electrons. The highest BCUT2D eigenvalue weighted by Crippen LogP contribution is 2.29. The summed E-state index contributed by atoms with van der Waals surface area (Å²) in [6.07, 6.45) is 5.17. The van der Waals surface area contributed by atoms with Crippen molar-refractivity contribution in [3.8, 4) is 5.75 Å². The molecule has 0 saturated carbocycles. The number of rotatable bonds is 5. The maximum atomic E-state index is 5.68. The number of hydrogen-bond donors (Lipinski definition) is 2. The number of ether oxygens (including phenoxy) is 1. The maximum Gasteiger partial charge on any atom is 0.161 e. The second kappa shape index (κ2) is 5.61. The number of methoxy groups -OCH3 is 1. The number of hydrazine groups is 1. The molecule has 0 bridgehead atoms.